The van der Waals surface area contributed by atoms with E-state index >= 15 is 0 Å². The molecule has 2 heterocycles. The van der Waals surface area contributed by atoms with Crippen molar-refractivity contribution in [3.63, 3.8) is 0 Å². The Labute approximate surface area is 178 Å². The summed E-state index contributed by atoms with van der Waals surface area (Å²) in [5.74, 6) is -0.988. The van der Waals surface area contributed by atoms with E-state index in [0.717, 1.165) is 12.3 Å². The number of amides is 2. The average Bonchev–Trinajstić information content (AvgIpc) is 3.07. The van der Waals surface area contributed by atoms with E-state index in [-0.39, 0.29) is 42.9 Å². The van der Waals surface area contributed by atoms with Gasteiger partial charge in [-0.15, -0.1) is 0 Å². The van der Waals surface area contributed by atoms with Crippen molar-refractivity contribution in [1.29, 1.82) is 0 Å². The Hall–Kier alpha value is -3.25. The molecule has 12 heteroatoms. The molecular formula is C19H20FN3O7S. The third-order valence-corrected chi connectivity index (χ3v) is 4.68. The van der Waals surface area contributed by atoms with Crippen molar-refractivity contribution in [2.24, 2.45) is 0 Å². The van der Waals surface area contributed by atoms with Gasteiger partial charge in [0.05, 0.1) is 31.6 Å². The molecule has 2 amide bonds. The number of cyclic esters (lactones) is 1. The van der Waals surface area contributed by atoms with Gasteiger partial charge in [-0.25, -0.2) is 14.2 Å². The summed E-state index contributed by atoms with van der Waals surface area (Å²) in [6, 6.07) is 6.95. The Bertz CT molecular complexity index is 1080. The lowest BCUT2D eigenvalue weighted by Crippen LogP contribution is -2.33. The van der Waals surface area contributed by atoms with Crippen LogP contribution >= 0.6 is 0 Å². The van der Waals surface area contributed by atoms with Crippen LogP contribution in [0.5, 0.6) is 11.6 Å². The summed E-state index contributed by atoms with van der Waals surface area (Å²) in [5.41, 5.74) is 0.774. The molecule has 31 heavy (non-hydrogen) atoms. The lowest BCUT2D eigenvalue weighted by Gasteiger charge is -2.14. The molecule has 0 saturated carbocycles. The predicted molar refractivity (Wildman–Crippen MR) is 107 cm³/mol. The monoisotopic (exact) mass is 453 g/mol. The fourth-order valence-corrected chi connectivity index (χ4v) is 3.03. The van der Waals surface area contributed by atoms with Gasteiger partial charge in [0.2, 0.25) is 11.8 Å². The van der Waals surface area contributed by atoms with Crippen LogP contribution in [0.3, 0.4) is 0 Å². The molecular weight excluding hydrogens is 433 g/mol. The molecule has 1 aromatic carbocycles. The van der Waals surface area contributed by atoms with Crippen LogP contribution in [0, 0.1) is 5.82 Å². The lowest BCUT2D eigenvalue weighted by molar-refractivity contribution is -0.119. The number of nitrogens with one attached hydrogen (secondary N) is 1. The van der Waals surface area contributed by atoms with Gasteiger partial charge in [0.15, 0.2) is 11.6 Å². The molecule has 1 aliphatic rings. The molecule has 3 rings (SSSR count). The Balaban J connectivity index is 1.63. The van der Waals surface area contributed by atoms with Gasteiger partial charge in [-0.3, -0.25) is 13.9 Å². The van der Waals surface area contributed by atoms with Gasteiger partial charge in [0.1, 0.15) is 6.10 Å². The first kappa shape index (κ1) is 22.4. The number of aromatic nitrogens is 1. The second-order valence-corrected chi connectivity index (χ2v) is 8.39. The lowest BCUT2D eigenvalue weighted by atomic mass is 10.2. The molecule has 1 fully saturated rings. The SMILES string of the molecule is CC(=O)NC[C@H]1CN(c2ccc(Oc3ccc(COS(C)(=O)=O)cn3)c(F)c2)C(=O)O1. The summed E-state index contributed by atoms with van der Waals surface area (Å²) < 4.78 is 51.8. The van der Waals surface area contributed by atoms with Crippen molar-refractivity contribution >= 4 is 27.8 Å². The van der Waals surface area contributed by atoms with Gasteiger partial charge >= 0.3 is 6.09 Å². The summed E-state index contributed by atoms with van der Waals surface area (Å²) >= 11 is 0. The van der Waals surface area contributed by atoms with Crippen LogP contribution in [0.1, 0.15) is 12.5 Å². The van der Waals surface area contributed by atoms with Crippen LogP contribution in [-0.2, 0) is 30.4 Å². The number of benzene rings is 1. The number of hydrogen-bond acceptors (Lipinski definition) is 8. The summed E-state index contributed by atoms with van der Waals surface area (Å²) in [7, 11) is -3.58. The van der Waals surface area contributed by atoms with Crippen molar-refractivity contribution in [2.45, 2.75) is 19.6 Å². The summed E-state index contributed by atoms with van der Waals surface area (Å²) in [6.07, 6.45) is 1.11. The number of ether oxygens (including phenoxy) is 2. The molecule has 166 valence electrons. The number of halogens is 1. The average molecular weight is 453 g/mol. The number of pyridine rings is 1. The molecule has 0 bridgehead atoms. The van der Waals surface area contributed by atoms with Crippen LogP contribution < -0.4 is 15.0 Å². The van der Waals surface area contributed by atoms with E-state index in [0.29, 0.717) is 5.56 Å². The third kappa shape index (κ3) is 6.36. The van der Waals surface area contributed by atoms with Crippen LogP contribution in [0.4, 0.5) is 14.9 Å². The van der Waals surface area contributed by atoms with Crippen molar-refractivity contribution in [3.8, 4) is 11.6 Å². The van der Waals surface area contributed by atoms with Gasteiger partial charge in [-0.2, -0.15) is 8.42 Å². The molecule has 1 N–H and O–H groups in total. The first-order chi connectivity index (χ1) is 14.6. The minimum absolute atomic E-state index is 0.0886. The number of carbonyl (C=O) groups excluding carboxylic acids is 2. The molecule has 0 radical (unpaired) electrons. The van der Waals surface area contributed by atoms with Crippen LogP contribution in [0.2, 0.25) is 0 Å². The van der Waals surface area contributed by atoms with E-state index in [4.69, 9.17) is 9.47 Å². The fourth-order valence-electron chi connectivity index (χ4n) is 2.68. The number of anilines is 1. The Kier molecular flexibility index (Phi) is 6.71. The maximum absolute atomic E-state index is 14.5. The number of hydrogen-bond donors (Lipinski definition) is 1. The summed E-state index contributed by atoms with van der Waals surface area (Å²) in [6.45, 7) is 1.51. The van der Waals surface area contributed by atoms with E-state index in [9.17, 15) is 22.4 Å². The van der Waals surface area contributed by atoms with E-state index < -0.39 is 28.1 Å². The summed E-state index contributed by atoms with van der Waals surface area (Å²) in [4.78, 5) is 28.3. The Morgan fingerprint density at radius 2 is 2.13 bits per heavy atom. The van der Waals surface area contributed by atoms with Crippen LogP contribution in [0.25, 0.3) is 0 Å². The van der Waals surface area contributed by atoms with Crippen LogP contribution in [0.15, 0.2) is 36.5 Å². The number of rotatable bonds is 8. The Morgan fingerprint density at radius 1 is 1.35 bits per heavy atom. The maximum Gasteiger partial charge on any atom is 0.414 e. The van der Waals surface area contributed by atoms with Gasteiger partial charge in [0, 0.05) is 25.3 Å². The first-order valence-corrected chi connectivity index (χ1v) is 10.9. The van der Waals surface area contributed by atoms with Gasteiger partial charge in [0.25, 0.3) is 10.1 Å². The molecule has 10 nitrogen and oxygen atoms in total. The fraction of sp³-hybridized carbons (Fsp3) is 0.316. The Morgan fingerprint density at radius 3 is 2.74 bits per heavy atom. The highest BCUT2D eigenvalue weighted by molar-refractivity contribution is 7.85. The minimum Gasteiger partial charge on any atom is -0.442 e. The smallest absolute Gasteiger partial charge is 0.414 e. The maximum atomic E-state index is 14.5. The molecule has 2 aromatic rings. The van der Waals surface area contributed by atoms with Gasteiger partial charge in [-0.1, -0.05) is 0 Å². The van der Waals surface area contributed by atoms with Crippen molar-refractivity contribution in [2.75, 3.05) is 24.2 Å². The molecule has 1 saturated heterocycles. The second-order valence-electron chi connectivity index (χ2n) is 6.74. The normalized spacial score (nSPS) is 16.2. The van der Waals surface area contributed by atoms with Crippen molar-refractivity contribution in [1.82, 2.24) is 10.3 Å². The standard InChI is InChI=1S/C19H20FN3O7S/c1-12(24)21-9-15-10-23(19(25)29-15)14-4-5-17(16(20)7-14)30-18-6-3-13(8-22-18)11-28-31(2,26)27/h3-8,15H,9-11H2,1-2H3,(H,21,24)/t15-/m0/s1. The molecule has 0 unspecified atom stereocenters. The topological polar surface area (TPSA) is 124 Å². The predicted octanol–water partition coefficient (Wildman–Crippen LogP) is 1.95. The largest absolute Gasteiger partial charge is 0.442 e. The summed E-state index contributed by atoms with van der Waals surface area (Å²) in [5, 5.41) is 2.57. The number of carbonyl (C=O) groups is 2. The van der Waals surface area contributed by atoms with E-state index in [1.165, 1.54) is 42.3 Å². The molecule has 1 atom stereocenters. The van der Waals surface area contributed by atoms with E-state index in [1.54, 1.807) is 0 Å². The minimum atomic E-state index is -3.58. The number of nitrogens with zero attached hydrogens (tertiary/aromatic N) is 2. The highest BCUT2D eigenvalue weighted by Gasteiger charge is 2.32. The van der Waals surface area contributed by atoms with E-state index in [1.807, 2.05) is 0 Å². The highest BCUT2D eigenvalue weighted by Crippen LogP contribution is 2.29. The quantitative estimate of drug-likeness (QED) is 0.602. The molecule has 1 aliphatic heterocycles. The van der Waals surface area contributed by atoms with Crippen LogP contribution in [-0.4, -0.2) is 50.9 Å². The molecule has 1 aromatic heterocycles. The van der Waals surface area contributed by atoms with Gasteiger partial charge in [-0.05, 0) is 23.8 Å². The third-order valence-electron chi connectivity index (χ3n) is 4.13. The first-order valence-electron chi connectivity index (χ1n) is 9.10. The second kappa shape index (κ2) is 9.27. The van der Waals surface area contributed by atoms with Gasteiger partial charge < -0.3 is 14.8 Å². The van der Waals surface area contributed by atoms with Crippen molar-refractivity contribution < 1.29 is 36.1 Å². The zero-order valence-electron chi connectivity index (χ0n) is 16.7. The zero-order valence-corrected chi connectivity index (χ0v) is 17.5. The van der Waals surface area contributed by atoms with Crippen molar-refractivity contribution in [3.05, 3.63) is 47.9 Å². The van der Waals surface area contributed by atoms with E-state index in [2.05, 4.69) is 14.5 Å². The highest BCUT2D eigenvalue weighted by atomic mass is 32.2. The molecule has 0 spiro atoms. The molecule has 0 aliphatic carbocycles. The zero-order chi connectivity index (χ0) is 22.6.